The van der Waals surface area contributed by atoms with E-state index in [1.807, 2.05) is 0 Å². The average Bonchev–Trinajstić information content (AvgIpc) is 1.87. The van der Waals surface area contributed by atoms with E-state index in [9.17, 15) is 0 Å². The SMILES string of the molecule is CCCN(C)CC(C)(C)CO. The van der Waals surface area contributed by atoms with Gasteiger partial charge in [-0.25, -0.2) is 0 Å². The molecule has 0 amide bonds. The Balaban J connectivity index is 3.64. The molecule has 1 N–H and O–H groups in total. The lowest BCUT2D eigenvalue weighted by Crippen LogP contribution is -2.34. The molecule has 0 aliphatic carbocycles. The fourth-order valence-corrected chi connectivity index (χ4v) is 1.24. The molecule has 0 aliphatic rings. The first-order valence-electron chi connectivity index (χ1n) is 4.31. The lowest BCUT2D eigenvalue weighted by atomic mass is 9.94. The lowest BCUT2D eigenvalue weighted by molar-refractivity contribution is 0.115. The van der Waals surface area contributed by atoms with Gasteiger partial charge in [-0.05, 0) is 20.0 Å². The summed E-state index contributed by atoms with van der Waals surface area (Å²) in [7, 11) is 2.10. The first-order valence-corrected chi connectivity index (χ1v) is 4.31. The van der Waals surface area contributed by atoms with E-state index in [1.54, 1.807) is 0 Å². The Kier molecular flexibility index (Phi) is 4.69. The van der Waals surface area contributed by atoms with Gasteiger partial charge >= 0.3 is 0 Å². The zero-order valence-corrected chi connectivity index (χ0v) is 8.22. The summed E-state index contributed by atoms with van der Waals surface area (Å²) in [5.74, 6) is 0. The predicted molar refractivity (Wildman–Crippen MR) is 48.7 cm³/mol. The van der Waals surface area contributed by atoms with Crippen molar-refractivity contribution in [1.82, 2.24) is 4.90 Å². The summed E-state index contributed by atoms with van der Waals surface area (Å²) in [6.45, 7) is 8.68. The summed E-state index contributed by atoms with van der Waals surface area (Å²) < 4.78 is 0. The van der Waals surface area contributed by atoms with Crippen molar-refractivity contribution in [3.63, 3.8) is 0 Å². The Labute approximate surface area is 70.2 Å². The largest absolute Gasteiger partial charge is 0.396 e. The maximum absolute atomic E-state index is 8.98. The first kappa shape index (κ1) is 10.9. The van der Waals surface area contributed by atoms with Crippen LogP contribution in [0.1, 0.15) is 27.2 Å². The van der Waals surface area contributed by atoms with Crippen molar-refractivity contribution in [1.29, 1.82) is 0 Å². The molecule has 0 heterocycles. The van der Waals surface area contributed by atoms with E-state index in [2.05, 4.69) is 32.7 Å². The highest BCUT2D eigenvalue weighted by atomic mass is 16.3. The molecule has 2 nitrogen and oxygen atoms in total. The Hall–Kier alpha value is -0.0800. The van der Waals surface area contributed by atoms with Gasteiger partial charge in [0, 0.05) is 18.6 Å². The molecule has 11 heavy (non-hydrogen) atoms. The van der Waals surface area contributed by atoms with Gasteiger partial charge in [0.05, 0.1) is 0 Å². The van der Waals surface area contributed by atoms with Crippen LogP contribution in [0.15, 0.2) is 0 Å². The van der Waals surface area contributed by atoms with Crippen molar-refractivity contribution in [2.75, 3.05) is 26.7 Å². The summed E-state index contributed by atoms with van der Waals surface area (Å²) in [5, 5.41) is 8.98. The van der Waals surface area contributed by atoms with Crippen molar-refractivity contribution < 1.29 is 5.11 Å². The van der Waals surface area contributed by atoms with Crippen molar-refractivity contribution >= 4 is 0 Å². The van der Waals surface area contributed by atoms with Gasteiger partial charge in [-0.1, -0.05) is 20.8 Å². The minimum Gasteiger partial charge on any atom is -0.396 e. The van der Waals surface area contributed by atoms with Crippen LogP contribution in [-0.4, -0.2) is 36.8 Å². The first-order chi connectivity index (χ1) is 5.02. The molecule has 0 saturated heterocycles. The van der Waals surface area contributed by atoms with Crippen molar-refractivity contribution in [3.05, 3.63) is 0 Å². The maximum atomic E-state index is 8.98. The highest BCUT2D eigenvalue weighted by molar-refractivity contribution is 4.70. The molecule has 0 radical (unpaired) electrons. The summed E-state index contributed by atoms with van der Waals surface area (Å²) in [5.41, 5.74) is 0.0456. The van der Waals surface area contributed by atoms with Crippen LogP contribution in [0.2, 0.25) is 0 Å². The second-order valence-electron chi connectivity index (χ2n) is 4.06. The van der Waals surface area contributed by atoms with E-state index in [0.717, 1.165) is 13.1 Å². The van der Waals surface area contributed by atoms with E-state index < -0.39 is 0 Å². The zero-order chi connectivity index (χ0) is 8.91. The van der Waals surface area contributed by atoms with Crippen LogP contribution in [0.5, 0.6) is 0 Å². The van der Waals surface area contributed by atoms with Crippen molar-refractivity contribution in [2.24, 2.45) is 5.41 Å². The molecule has 0 aromatic carbocycles. The number of aliphatic hydroxyl groups is 1. The second kappa shape index (κ2) is 4.73. The monoisotopic (exact) mass is 159 g/mol. The fourth-order valence-electron chi connectivity index (χ4n) is 1.24. The third-order valence-electron chi connectivity index (χ3n) is 1.73. The van der Waals surface area contributed by atoms with Crippen molar-refractivity contribution in [3.8, 4) is 0 Å². The molecular weight excluding hydrogens is 138 g/mol. The molecule has 0 unspecified atom stereocenters. The molecule has 0 spiro atoms. The molecule has 0 fully saturated rings. The standard InChI is InChI=1S/C9H21NO/c1-5-6-10(4)7-9(2,3)8-11/h11H,5-8H2,1-4H3. The molecular formula is C9H21NO. The van der Waals surface area contributed by atoms with Gasteiger partial charge in [0.2, 0.25) is 0 Å². The lowest BCUT2D eigenvalue weighted by Gasteiger charge is -2.27. The van der Waals surface area contributed by atoms with Crippen LogP contribution in [-0.2, 0) is 0 Å². The number of hydrogen-bond acceptors (Lipinski definition) is 2. The van der Waals surface area contributed by atoms with E-state index >= 15 is 0 Å². The third-order valence-corrected chi connectivity index (χ3v) is 1.73. The molecule has 0 rings (SSSR count). The van der Waals surface area contributed by atoms with Gasteiger partial charge in [0.1, 0.15) is 0 Å². The Morgan fingerprint density at radius 2 is 1.91 bits per heavy atom. The number of rotatable bonds is 5. The summed E-state index contributed by atoms with van der Waals surface area (Å²) in [6, 6.07) is 0. The van der Waals surface area contributed by atoms with Crippen LogP contribution in [0.3, 0.4) is 0 Å². The topological polar surface area (TPSA) is 23.5 Å². The van der Waals surface area contributed by atoms with E-state index in [4.69, 9.17) is 5.11 Å². The molecule has 68 valence electrons. The third kappa shape index (κ3) is 5.22. The van der Waals surface area contributed by atoms with Crippen LogP contribution in [0.25, 0.3) is 0 Å². The minimum absolute atomic E-state index is 0.0456. The molecule has 0 aromatic rings. The van der Waals surface area contributed by atoms with Gasteiger partial charge in [-0.15, -0.1) is 0 Å². The van der Waals surface area contributed by atoms with Gasteiger partial charge in [0.25, 0.3) is 0 Å². The Bertz CT molecular complexity index is 102. The quantitative estimate of drug-likeness (QED) is 0.654. The summed E-state index contributed by atoms with van der Waals surface area (Å²) in [6.07, 6.45) is 1.18. The number of hydrogen-bond donors (Lipinski definition) is 1. The smallest absolute Gasteiger partial charge is 0.0494 e. The molecule has 0 saturated carbocycles. The van der Waals surface area contributed by atoms with Crippen LogP contribution in [0, 0.1) is 5.41 Å². The van der Waals surface area contributed by atoms with Gasteiger partial charge < -0.3 is 10.0 Å². The van der Waals surface area contributed by atoms with Crippen LogP contribution < -0.4 is 0 Å². The van der Waals surface area contributed by atoms with E-state index in [-0.39, 0.29) is 12.0 Å². The summed E-state index contributed by atoms with van der Waals surface area (Å²) in [4.78, 5) is 2.26. The van der Waals surface area contributed by atoms with E-state index in [0.29, 0.717) is 0 Å². The minimum atomic E-state index is 0.0456. The van der Waals surface area contributed by atoms with Crippen LogP contribution in [0.4, 0.5) is 0 Å². The summed E-state index contributed by atoms with van der Waals surface area (Å²) >= 11 is 0. The Morgan fingerprint density at radius 1 is 1.36 bits per heavy atom. The number of nitrogens with zero attached hydrogens (tertiary/aromatic N) is 1. The molecule has 0 aromatic heterocycles. The molecule has 0 atom stereocenters. The van der Waals surface area contributed by atoms with Gasteiger partial charge in [-0.2, -0.15) is 0 Å². The molecule has 0 aliphatic heterocycles. The van der Waals surface area contributed by atoms with Crippen molar-refractivity contribution in [2.45, 2.75) is 27.2 Å². The fraction of sp³-hybridized carbons (Fsp3) is 1.00. The average molecular weight is 159 g/mol. The van der Waals surface area contributed by atoms with Gasteiger partial charge in [0.15, 0.2) is 0 Å². The highest BCUT2D eigenvalue weighted by Crippen LogP contribution is 2.14. The normalized spacial score (nSPS) is 12.5. The Morgan fingerprint density at radius 3 is 2.27 bits per heavy atom. The maximum Gasteiger partial charge on any atom is 0.0494 e. The highest BCUT2D eigenvalue weighted by Gasteiger charge is 2.17. The van der Waals surface area contributed by atoms with Crippen LogP contribution >= 0.6 is 0 Å². The zero-order valence-electron chi connectivity index (χ0n) is 8.22. The second-order valence-corrected chi connectivity index (χ2v) is 4.06. The predicted octanol–water partition coefficient (Wildman–Crippen LogP) is 1.35. The van der Waals surface area contributed by atoms with Gasteiger partial charge in [-0.3, -0.25) is 0 Å². The number of aliphatic hydroxyl groups excluding tert-OH is 1. The molecule has 0 bridgehead atoms. The molecule has 2 heteroatoms. The van der Waals surface area contributed by atoms with E-state index in [1.165, 1.54) is 6.42 Å².